The predicted molar refractivity (Wildman–Crippen MR) is 80.8 cm³/mol. The zero-order valence-corrected chi connectivity index (χ0v) is 13.0. The van der Waals surface area contributed by atoms with Crippen molar-refractivity contribution in [3.63, 3.8) is 0 Å². The molecule has 1 amide bonds. The van der Waals surface area contributed by atoms with Crippen LogP contribution in [0, 0.1) is 0 Å². The van der Waals surface area contributed by atoms with Crippen molar-refractivity contribution < 1.29 is 27.5 Å². The number of hydrogen-bond donors (Lipinski definition) is 2. The number of esters is 1. The topological polar surface area (TPSA) is 71.2 Å². The van der Waals surface area contributed by atoms with E-state index in [9.17, 15) is 22.8 Å². The number of H-pyrrole nitrogens is 1. The summed E-state index contributed by atoms with van der Waals surface area (Å²) in [7, 11) is 0. The number of rotatable bonds is 4. The Kier molecular flexibility index (Phi) is 5.18. The first-order chi connectivity index (χ1) is 11.2. The van der Waals surface area contributed by atoms with E-state index in [4.69, 9.17) is 16.3 Å². The van der Waals surface area contributed by atoms with Gasteiger partial charge in [0.2, 0.25) is 0 Å². The van der Waals surface area contributed by atoms with E-state index in [1.54, 1.807) is 0 Å². The van der Waals surface area contributed by atoms with Crippen molar-refractivity contribution >= 4 is 29.2 Å². The Morgan fingerprint density at radius 3 is 2.58 bits per heavy atom. The fraction of sp³-hybridized carbons (Fsp3) is 0.200. The van der Waals surface area contributed by atoms with Crippen molar-refractivity contribution in [1.82, 2.24) is 4.98 Å². The van der Waals surface area contributed by atoms with Gasteiger partial charge >= 0.3 is 12.1 Å². The molecule has 0 spiro atoms. The third-order valence-electron chi connectivity index (χ3n) is 2.98. The van der Waals surface area contributed by atoms with Crippen LogP contribution in [0.4, 0.5) is 18.9 Å². The van der Waals surface area contributed by atoms with Crippen LogP contribution in [0.5, 0.6) is 0 Å². The van der Waals surface area contributed by atoms with Crippen molar-refractivity contribution in [2.45, 2.75) is 19.2 Å². The van der Waals surface area contributed by atoms with Crippen molar-refractivity contribution in [2.75, 3.05) is 5.32 Å². The number of amides is 1. The number of benzene rings is 1. The monoisotopic (exact) mass is 360 g/mol. The number of alkyl halides is 3. The minimum Gasteiger partial charge on any atom is -0.448 e. The van der Waals surface area contributed by atoms with Gasteiger partial charge < -0.3 is 15.0 Å². The fourth-order valence-corrected chi connectivity index (χ4v) is 1.94. The average molecular weight is 361 g/mol. The Morgan fingerprint density at radius 2 is 2.00 bits per heavy atom. The minimum atomic E-state index is -4.52. The maximum Gasteiger partial charge on any atom is 0.416 e. The average Bonchev–Trinajstić information content (AvgIpc) is 2.93. The second-order valence-electron chi connectivity index (χ2n) is 4.85. The zero-order valence-electron chi connectivity index (χ0n) is 12.3. The lowest BCUT2D eigenvalue weighted by atomic mass is 10.2. The predicted octanol–water partition coefficient (Wildman–Crippen LogP) is 3.87. The molecular weight excluding hydrogens is 349 g/mol. The molecule has 2 aromatic rings. The van der Waals surface area contributed by atoms with Crippen LogP contribution in [0.25, 0.3) is 0 Å². The lowest BCUT2D eigenvalue weighted by molar-refractivity contribution is -0.137. The largest absolute Gasteiger partial charge is 0.448 e. The fourth-order valence-electron chi connectivity index (χ4n) is 1.78. The van der Waals surface area contributed by atoms with Crippen LogP contribution < -0.4 is 5.32 Å². The van der Waals surface area contributed by atoms with E-state index in [0.717, 1.165) is 18.2 Å². The second-order valence-corrected chi connectivity index (χ2v) is 5.28. The van der Waals surface area contributed by atoms with Crippen molar-refractivity contribution in [3.8, 4) is 0 Å². The Bertz CT molecular complexity index is 758. The quantitative estimate of drug-likeness (QED) is 0.813. The molecule has 2 N–H and O–H groups in total. The number of carbonyl (C=O) groups is 2. The summed E-state index contributed by atoms with van der Waals surface area (Å²) in [5, 5.41) is 2.56. The Hall–Kier alpha value is -2.48. The summed E-state index contributed by atoms with van der Waals surface area (Å²) >= 11 is 5.65. The van der Waals surface area contributed by atoms with E-state index in [2.05, 4.69) is 10.3 Å². The molecule has 0 aliphatic heterocycles. The molecule has 2 rings (SSSR count). The van der Waals surface area contributed by atoms with E-state index < -0.39 is 29.7 Å². The van der Waals surface area contributed by atoms with Crippen molar-refractivity contribution in [1.29, 1.82) is 0 Å². The highest BCUT2D eigenvalue weighted by atomic mass is 35.5. The summed E-state index contributed by atoms with van der Waals surface area (Å²) in [5.74, 6) is -1.58. The van der Waals surface area contributed by atoms with Crippen molar-refractivity contribution in [2.24, 2.45) is 0 Å². The SMILES string of the molecule is C[C@H](OC(=O)c1cc(Cl)c[nH]1)C(=O)Nc1cccc(C(F)(F)F)c1. The molecule has 0 saturated heterocycles. The van der Waals surface area contributed by atoms with Gasteiger partial charge in [-0.1, -0.05) is 17.7 Å². The van der Waals surface area contributed by atoms with E-state index >= 15 is 0 Å². The molecule has 9 heteroatoms. The highest BCUT2D eigenvalue weighted by molar-refractivity contribution is 6.30. The Labute approximate surface area is 139 Å². The minimum absolute atomic E-state index is 0.0544. The van der Waals surface area contributed by atoms with Gasteiger partial charge in [-0.25, -0.2) is 4.79 Å². The molecule has 0 unspecified atom stereocenters. The summed E-state index contributed by atoms with van der Waals surface area (Å²) in [6.07, 6.45) is -4.37. The summed E-state index contributed by atoms with van der Waals surface area (Å²) < 4.78 is 42.8. The number of carbonyl (C=O) groups excluding carboxylic acids is 2. The van der Waals surface area contributed by atoms with Gasteiger partial charge in [0.05, 0.1) is 10.6 Å². The van der Waals surface area contributed by atoms with Crippen LogP contribution >= 0.6 is 11.6 Å². The van der Waals surface area contributed by atoms with Gasteiger partial charge in [0.1, 0.15) is 5.69 Å². The van der Waals surface area contributed by atoms with Gasteiger partial charge in [0, 0.05) is 11.9 Å². The molecule has 0 fully saturated rings. The third kappa shape index (κ3) is 4.51. The normalized spacial score (nSPS) is 12.5. The summed E-state index contributed by atoms with van der Waals surface area (Å²) in [6.45, 7) is 1.30. The molecule has 1 aromatic carbocycles. The van der Waals surface area contributed by atoms with Gasteiger partial charge in [0.15, 0.2) is 6.10 Å². The molecule has 1 atom stereocenters. The maximum absolute atomic E-state index is 12.6. The standard InChI is InChI=1S/C15H12ClF3N2O3/c1-8(24-14(23)12-6-10(16)7-20-12)13(22)21-11-4-2-3-9(5-11)15(17,18)19/h2-8,20H,1H3,(H,21,22)/t8-/m0/s1. The second kappa shape index (κ2) is 6.96. The van der Waals surface area contributed by atoms with Gasteiger partial charge in [0.25, 0.3) is 5.91 Å². The van der Waals surface area contributed by atoms with Crippen LogP contribution in [0.3, 0.4) is 0 Å². The van der Waals surface area contributed by atoms with Crippen LogP contribution in [0.1, 0.15) is 23.0 Å². The first kappa shape index (κ1) is 17.9. The van der Waals surface area contributed by atoms with Crippen LogP contribution in [-0.4, -0.2) is 23.0 Å². The number of aromatic amines is 1. The van der Waals surface area contributed by atoms with E-state index in [-0.39, 0.29) is 11.4 Å². The number of nitrogens with one attached hydrogen (secondary N) is 2. The van der Waals surface area contributed by atoms with Crippen LogP contribution in [-0.2, 0) is 15.7 Å². The Balaban J connectivity index is 2.00. The molecule has 0 aliphatic carbocycles. The zero-order chi connectivity index (χ0) is 17.9. The molecule has 0 aliphatic rings. The summed E-state index contributed by atoms with van der Waals surface area (Å²) in [4.78, 5) is 26.3. The summed E-state index contributed by atoms with van der Waals surface area (Å²) in [6, 6.07) is 5.45. The number of aromatic nitrogens is 1. The van der Waals surface area contributed by atoms with Gasteiger partial charge in [-0.15, -0.1) is 0 Å². The molecule has 0 radical (unpaired) electrons. The first-order valence-electron chi connectivity index (χ1n) is 6.70. The van der Waals surface area contributed by atoms with Crippen LogP contribution in [0.2, 0.25) is 5.02 Å². The number of halogens is 4. The van der Waals surface area contributed by atoms with E-state index in [1.165, 1.54) is 25.3 Å². The molecule has 1 heterocycles. The molecular formula is C15H12ClF3N2O3. The third-order valence-corrected chi connectivity index (χ3v) is 3.20. The summed E-state index contributed by atoms with van der Waals surface area (Å²) in [5.41, 5.74) is -0.898. The molecule has 0 bridgehead atoms. The van der Waals surface area contributed by atoms with Gasteiger partial charge in [-0.3, -0.25) is 4.79 Å². The molecule has 0 saturated carbocycles. The number of ether oxygens (including phenoxy) is 1. The molecule has 5 nitrogen and oxygen atoms in total. The van der Waals surface area contributed by atoms with E-state index in [0.29, 0.717) is 5.02 Å². The first-order valence-corrected chi connectivity index (χ1v) is 7.07. The van der Waals surface area contributed by atoms with Gasteiger partial charge in [-0.2, -0.15) is 13.2 Å². The molecule has 24 heavy (non-hydrogen) atoms. The van der Waals surface area contributed by atoms with E-state index in [1.807, 2.05) is 0 Å². The van der Waals surface area contributed by atoms with Crippen molar-refractivity contribution in [3.05, 3.63) is 52.8 Å². The number of anilines is 1. The smallest absolute Gasteiger partial charge is 0.416 e. The van der Waals surface area contributed by atoms with Gasteiger partial charge in [-0.05, 0) is 31.2 Å². The van der Waals surface area contributed by atoms with Crippen LogP contribution in [0.15, 0.2) is 36.5 Å². The maximum atomic E-state index is 12.6. The molecule has 1 aromatic heterocycles. The number of hydrogen-bond acceptors (Lipinski definition) is 3. The molecule has 128 valence electrons. The highest BCUT2D eigenvalue weighted by Gasteiger charge is 2.30. The lowest BCUT2D eigenvalue weighted by Crippen LogP contribution is -2.30. The lowest BCUT2D eigenvalue weighted by Gasteiger charge is -2.14. The highest BCUT2D eigenvalue weighted by Crippen LogP contribution is 2.30. The Morgan fingerprint density at radius 1 is 1.29 bits per heavy atom.